The molecule has 0 atom stereocenters. The molecule has 3 nitrogen and oxygen atoms in total. The fourth-order valence-electron chi connectivity index (χ4n) is 1.53. The number of aliphatic hydroxyl groups excluding tert-OH is 1. The Morgan fingerprint density at radius 2 is 2.19 bits per heavy atom. The van der Waals surface area contributed by atoms with Crippen LogP contribution in [0.15, 0.2) is 30.3 Å². The van der Waals surface area contributed by atoms with Crippen molar-refractivity contribution in [3.63, 3.8) is 0 Å². The summed E-state index contributed by atoms with van der Waals surface area (Å²) in [6, 6.07) is 9.82. The van der Waals surface area contributed by atoms with Crippen molar-refractivity contribution in [2.75, 3.05) is 20.2 Å². The summed E-state index contributed by atoms with van der Waals surface area (Å²) in [6.45, 7) is 0.361. The summed E-state index contributed by atoms with van der Waals surface area (Å²) in [5.41, 5.74) is 0. The SMILES string of the molecule is CN(CCO)C(=O)c1cc2ccccc2s1. The smallest absolute Gasteiger partial charge is 0.263 e. The van der Waals surface area contributed by atoms with Gasteiger partial charge >= 0.3 is 0 Å². The molecule has 2 aromatic rings. The number of carbonyl (C=O) groups excluding carboxylic acids is 1. The van der Waals surface area contributed by atoms with Crippen LogP contribution in [0.1, 0.15) is 9.67 Å². The standard InChI is InChI=1S/C12H13NO2S/c1-13(6-7-14)12(15)11-8-9-4-2-3-5-10(9)16-11/h2-5,8,14H,6-7H2,1H3. The number of nitrogens with zero attached hydrogens (tertiary/aromatic N) is 1. The molecule has 0 fully saturated rings. The average Bonchev–Trinajstić information content (AvgIpc) is 2.71. The quantitative estimate of drug-likeness (QED) is 0.883. The Labute approximate surface area is 97.9 Å². The van der Waals surface area contributed by atoms with E-state index in [1.165, 1.54) is 16.2 Å². The third-order valence-electron chi connectivity index (χ3n) is 2.42. The number of carbonyl (C=O) groups is 1. The third kappa shape index (κ3) is 2.08. The van der Waals surface area contributed by atoms with Gasteiger partial charge in [0.05, 0.1) is 11.5 Å². The normalized spacial score (nSPS) is 10.6. The van der Waals surface area contributed by atoms with Crippen LogP contribution in [0, 0.1) is 0 Å². The van der Waals surface area contributed by atoms with Gasteiger partial charge in [-0.15, -0.1) is 11.3 Å². The molecule has 0 aliphatic rings. The average molecular weight is 235 g/mol. The number of thiophene rings is 1. The molecule has 0 bridgehead atoms. The fourth-order valence-corrected chi connectivity index (χ4v) is 2.58. The molecule has 1 amide bonds. The van der Waals surface area contributed by atoms with Crippen LogP contribution in [0.25, 0.3) is 10.1 Å². The first-order valence-corrected chi connectivity index (χ1v) is 5.89. The van der Waals surface area contributed by atoms with Gasteiger partial charge in [0.1, 0.15) is 0 Å². The van der Waals surface area contributed by atoms with Gasteiger partial charge in [0.25, 0.3) is 5.91 Å². The van der Waals surface area contributed by atoms with Crippen molar-refractivity contribution in [2.24, 2.45) is 0 Å². The topological polar surface area (TPSA) is 40.5 Å². The predicted octanol–water partition coefficient (Wildman–Crippen LogP) is 1.97. The first kappa shape index (κ1) is 11.1. The zero-order valence-electron chi connectivity index (χ0n) is 9.01. The highest BCUT2D eigenvalue weighted by molar-refractivity contribution is 7.20. The largest absolute Gasteiger partial charge is 0.395 e. The van der Waals surface area contributed by atoms with Crippen LogP contribution in [0.5, 0.6) is 0 Å². The van der Waals surface area contributed by atoms with Gasteiger partial charge in [-0.1, -0.05) is 18.2 Å². The molecule has 1 aromatic heterocycles. The van der Waals surface area contributed by atoms with Gasteiger partial charge in [-0.25, -0.2) is 0 Å². The number of likely N-dealkylation sites (N-methyl/N-ethyl adjacent to an activating group) is 1. The maximum absolute atomic E-state index is 11.9. The van der Waals surface area contributed by atoms with Crippen molar-refractivity contribution in [2.45, 2.75) is 0 Å². The molecule has 1 heterocycles. The Bertz CT molecular complexity index is 473. The Hall–Kier alpha value is -1.39. The maximum Gasteiger partial charge on any atom is 0.263 e. The molecule has 84 valence electrons. The Morgan fingerprint density at radius 3 is 2.88 bits per heavy atom. The van der Waals surface area contributed by atoms with Crippen molar-refractivity contribution in [1.82, 2.24) is 4.90 Å². The number of benzene rings is 1. The molecule has 0 aliphatic carbocycles. The summed E-state index contributed by atoms with van der Waals surface area (Å²) in [5.74, 6) is -0.0322. The maximum atomic E-state index is 11.9. The molecular formula is C12H13NO2S. The summed E-state index contributed by atoms with van der Waals surface area (Å²) in [4.78, 5) is 14.2. The molecular weight excluding hydrogens is 222 g/mol. The Morgan fingerprint density at radius 1 is 1.44 bits per heavy atom. The lowest BCUT2D eigenvalue weighted by Gasteiger charge is -2.13. The highest BCUT2D eigenvalue weighted by Crippen LogP contribution is 2.25. The first-order chi connectivity index (χ1) is 7.72. The van der Waals surface area contributed by atoms with E-state index in [9.17, 15) is 4.79 Å². The van der Waals surface area contributed by atoms with Gasteiger partial charge in [0, 0.05) is 18.3 Å². The zero-order chi connectivity index (χ0) is 11.5. The summed E-state index contributed by atoms with van der Waals surface area (Å²) in [6.07, 6.45) is 0. The van der Waals surface area contributed by atoms with Gasteiger partial charge < -0.3 is 10.0 Å². The van der Waals surface area contributed by atoms with Crippen molar-refractivity contribution in [1.29, 1.82) is 0 Å². The second kappa shape index (κ2) is 4.63. The van der Waals surface area contributed by atoms with E-state index in [0.29, 0.717) is 6.54 Å². The molecule has 0 radical (unpaired) electrons. The number of hydrogen-bond acceptors (Lipinski definition) is 3. The van der Waals surface area contributed by atoms with Crippen LogP contribution in [-0.4, -0.2) is 36.1 Å². The van der Waals surface area contributed by atoms with Gasteiger partial charge in [0.15, 0.2) is 0 Å². The summed E-state index contributed by atoms with van der Waals surface area (Å²) < 4.78 is 1.11. The van der Waals surface area contributed by atoms with Crippen LogP contribution in [0.2, 0.25) is 0 Å². The monoisotopic (exact) mass is 235 g/mol. The molecule has 1 N–H and O–H groups in total. The lowest BCUT2D eigenvalue weighted by molar-refractivity contribution is 0.0772. The minimum absolute atomic E-state index is 0.00681. The minimum Gasteiger partial charge on any atom is -0.395 e. The van der Waals surface area contributed by atoms with E-state index in [0.717, 1.165) is 15.0 Å². The molecule has 0 spiro atoms. The van der Waals surface area contributed by atoms with Crippen molar-refractivity contribution < 1.29 is 9.90 Å². The number of aliphatic hydroxyl groups is 1. The van der Waals surface area contributed by atoms with Crippen molar-refractivity contribution >= 4 is 27.3 Å². The molecule has 0 unspecified atom stereocenters. The fraction of sp³-hybridized carbons (Fsp3) is 0.250. The number of hydrogen-bond donors (Lipinski definition) is 1. The number of rotatable bonds is 3. The molecule has 0 saturated heterocycles. The van der Waals surface area contributed by atoms with E-state index in [-0.39, 0.29) is 12.5 Å². The van der Waals surface area contributed by atoms with E-state index < -0.39 is 0 Å². The lowest BCUT2D eigenvalue weighted by Crippen LogP contribution is -2.28. The number of amides is 1. The summed E-state index contributed by atoms with van der Waals surface area (Å²) in [5, 5.41) is 9.87. The molecule has 2 rings (SSSR count). The van der Waals surface area contributed by atoms with Crippen LogP contribution < -0.4 is 0 Å². The predicted molar refractivity (Wildman–Crippen MR) is 65.9 cm³/mol. The second-order valence-electron chi connectivity index (χ2n) is 3.60. The van der Waals surface area contributed by atoms with Gasteiger partial charge in [-0.05, 0) is 17.5 Å². The van der Waals surface area contributed by atoms with E-state index in [2.05, 4.69) is 0 Å². The molecule has 0 saturated carbocycles. The highest BCUT2D eigenvalue weighted by atomic mass is 32.1. The van der Waals surface area contributed by atoms with Crippen molar-refractivity contribution in [3.8, 4) is 0 Å². The third-order valence-corrected chi connectivity index (χ3v) is 3.52. The highest BCUT2D eigenvalue weighted by Gasteiger charge is 2.13. The van der Waals surface area contributed by atoms with Crippen LogP contribution >= 0.6 is 11.3 Å². The van der Waals surface area contributed by atoms with E-state index >= 15 is 0 Å². The lowest BCUT2D eigenvalue weighted by atomic mass is 10.2. The molecule has 4 heteroatoms. The Kier molecular flexibility index (Phi) is 3.22. The summed E-state index contributed by atoms with van der Waals surface area (Å²) in [7, 11) is 1.70. The van der Waals surface area contributed by atoms with Crippen molar-refractivity contribution in [3.05, 3.63) is 35.2 Å². The minimum atomic E-state index is -0.0322. The van der Waals surface area contributed by atoms with E-state index in [1.54, 1.807) is 7.05 Å². The summed E-state index contributed by atoms with van der Waals surface area (Å²) >= 11 is 1.49. The van der Waals surface area contributed by atoms with E-state index in [4.69, 9.17) is 5.11 Å². The zero-order valence-corrected chi connectivity index (χ0v) is 9.83. The van der Waals surface area contributed by atoms with Crippen LogP contribution in [0.4, 0.5) is 0 Å². The van der Waals surface area contributed by atoms with Crippen LogP contribution in [0.3, 0.4) is 0 Å². The molecule has 1 aromatic carbocycles. The Balaban J connectivity index is 2.29. The van der Waals surface area contributed by atoms with Gasteiger partial charge in [0.2, 0.25) is 0 Å². The number of fused-ring (bicyclic) bond motifs is 1. The van der Waals surface area contributed by atoms with Gasteiger partial charge in [-0.2, -0.15) is 0 Å². The van der Waals surface area contributed by atoms with Crippen LogP contribution in [-0.2, 0) is 0 Å². The second-order valence-corrected chi connectivity index (χ2v) is 4.68. The molecule has 16 heavy (non-hydrogen) atoms. The van der Waals surface area contributed by atoms with E-state index in [1.807, 2.05) is 30.3 Å². The van der Waals surface area contributed by atoms with Gasteiger partial charge in [-0.3, -0.25) is 4.79 Å². The molecule has 0 aliphatic heterocycles. The first-order valence-electron chi connectivity index (χ1n) is 5.07.